The Bertz CT molecular complexity index is 846. The van der Waals surface area contributed by atoms with Gasteiger partial charge in [0.2, 0.25) is 0 Å². The molecule has 2 aliphatic rings. The van der Waals surface area contributed by atoms with Gasteiger partial charge in [-0.25, -0.2) is 4.99 Å². The van der Waals surface area contributed by atoms with E-state index < -0.39 is 0 Å². The number of rotatable bonds is 4. The standard InChI is InChI=1S/C21H31N7/c1-4-22-21(23-15-20-25-24-19-9-6-10-28(19)20)27-13-11-26(12-14-27)18-8-5-7-16(2)17(18)3/h5,7-8H,4,6,9-15H2,1-3H3,(H,22,23). The Morgan fingerprint density at radius 2 is 1.93 bits per heavy atom. The largest absolute Gasteiger partial charge is 0.368 e. The van der Waals surface area contributed by atoms with E-state index in [1.807, 2.05) is 0 Å². The number of guanidine groups is 1. The molecule has 28 heavy (non-hydrogen) atoms. The van der Waals surface area contributed by atoms with E-state index in [1.54, 1.807) is 0 Å². The average Bonchev–Trinajstić information content (AvgIpc) is 3.32. The van der Waals surface area contributed by atoms with Crippen LogP contribution < -0.4 is 10.2 Å². The Morgan fingerprint density at radius 3 is 2.71 bits per heavy atom. The molecule has 0 radical (unpaired) electrons. The number of piperazine rings is 1. The molecule has 1 fully saturated rings. The van der Waals surface area contributed by atoms with Crippen molar-refractivity contribution in [3.8, 4) is 0 Å². The first-order valence-corrected chi connectivity index (χ1v) is 10.4. The van der Waals surface area contributed by atoms with Crippen molar-refractivity contribution in [1.29, 1.82) is 0 Å². The molecule has 0 aliphatic carbocycles. The predicted octanol–water partition coefficient (Wildman–Crippen LogP) is 2.13. The molecule has 7 nitrogen and oxygen atoms in total. The van der Waals surface area contributed by atoms with Crippen LogP contribution in [-0.4, -0.2) is 58.3 Å². The summed E-state index contributed by atoms with van der Waals surface area (Å²) >= 11 is 0. The summed E-state index contributed by atoms with van der Waals surface area (Å²) in [7, 11) is 0. The van der Waals surface area contributed by atoms with Gasteiger partial charge in [-0.05, 0) is 44.4 Å². The lowest BCUT2D eigenvalue weighted by Gasteiger charge is -2.38. The average molecular weight is 382 g/mol. The van der Waals surface area contributed by atoms with E-state index in [4.69, 9.17) is 4.99 Å². The number of benzene rings is 1. The molecule has 1 saturated heterocycles. The van der Waals surface area contributed by atoms with E-state index in [0.29, 0.717) is 6.54 Å². The molecule has 150 valence electrons. The topological polar surface area (TPSA) is 61.6 Å². The molecule has 2 aromatic rings. The summed E-state index contributed by atoms with van der Waals surface area (Å²) in [6, 6.07) is 6.59. The second-order valence-corrected chi connectivity index (χ2v) is 7.65. The lowest BCUT2D eigenvalue weighted by atomic mass is 10.1. The number of fused-ring (bicyclic) bond motifs is 1. The van der Waals surface area contributed by atoms with Crippen LogP contribution in [0.25, 0.3) is 0 Å². The molecule has 1 aromatic carbocycles. The van der Waals surface area contributed by atoms with Crippen molar-refractivity contribution in [3.05, 3.63) is 41.0 Å². The fourth-order valence-corrected chi connectivity index (χ4v) is 4.14. The van der Waals surface area contributed by atoms with Gasteiger partial charge >= 0.3 is 0 Å². The zero-order chi connectivity index (χ0) is 19.5. The maximum atomic E-state index is 4.88. The third kappa shape index (κ3) is 3.70. The van der Waals surface area contributed by atoms with Gasteiger partial charge in [-0.3, -0.25) is 0 Å². The van der Waals surface area contributed by atoms with Gasteiger partial charge in [-0.2, -0.15) is 0 Å². The van der Waals surface area contributed by atoms with Crippen molar-refractivity contribution >= 4 is 11.6 Å². The molecule has 1 N–H and O–H groups in total. The third-order valence-corrected chi connectivity index (χ3v) is 5.89. The molecule has 2 aliphatic heterocycles. The van der Waals surface area contributed by atoms with E-state index in [2.05, 4.69) is 68.9 Å². The highest BCUT2D eigenvalue weighted by atomic mass is 15.4. The number of anilines is 1. The molecule has 1 aromatic heterocycles. The molecule has 0 unspecified atom stereocenters. The van der Waals surface area contributed by atoms with E-state index >= 15 is 0 Å². The molecule has 4 rings (SSSR count). The van der Waals surface area contributed by atoms with Crippen molar-refractivity contribution in [3.63, 3.8) is 0 Å². The van der Waals surface area contributed by atoms with Gasteiger partial charge in [0.1, 0.15) is 12.4 Å². The smallest absolute Gasteiger partial charge is 0.194 e. The summed E-state index contributed by atoms with van der Waals surface area (Å²) in [4.78, 5) is 9.74. The summed E-state index contributed by atoms with van der Waals surface area (Å²) in [6.07, 6.45) is 2.21. The molecular weight excluding hydrogens is 350 g/mol. The third-order valence-electron chi connectivity index (χ3n) is 5.89. The second kappa shape index (κ2) is 8.20. The summed E-state index contributed by atoms with van der Waals surface area (Å²) in [5.74, 6) is 3.08. The maximum absolute atomic E-state index is 4.88. The first kappa shape index (κ1) is 18.8. The maximum Gasteiger partial charge on any atom is 0.194 e. The normalized spacial score (nSPS) is 17.2. The molecular formula is C21H31N7. The van der Waals surface area contributed by atoms with Crippen molar-refractivity contribution in [2.75, 3.05) is 37.6 Å². The van der Waals surface area contributed by atoms with Crippen LogP contribution in [0.4, 0.5) is 5.69 Å². The Kier molecular flexibility index (Phi) is 5.50. The van der Waals surface area contributed by atoms with Crippen LogP contribution in [0.15, 0.2) is 23.2 Å². The van der Waals surface area contributed by atoms with E-state index in [9.17, 15) is 0 Å². The van der Waals surface area contributed by atoms with Crippen LogP contribution in [0.3, 0.4) is 0 Å². The van der Waals surface area contributed by atoms with Crippen LogP contribution in [0.1, 0.15) is 36.1 Å². The minimum Gasteiger partial charge on any atom is -0.368 e. The Hall–Kier alpha value is -2.57. The predicted molar refractivity (Wildman–Crippen MR) is 113 cm³/mol. The first-order chi connectivity index (χ1) is 13.7. The molecule has 7 heteroatoms. The summed E-state index contributed by atoms with van der Waals surface area (Å²) in [5.41, 5.74) is 4.11. The van der Waals surface area contributed by atoms with Crippen molar-refractivity contribution in [2.45, 2.75) is 46.7 Å². The Morgan fingerprint density at radius 1 is 1.11 bits per heavy atom. The van der Waals surface area contributed by atoms with Gasteiger partial charge in [-0.15, -0.1) is 10.2 Å². The van der Waals surface area contributed by atoms with Gasteiger partial charge in [0.15, 0.2) is 11.8 Å². The summed E-state index contributed by atoms with van der Waals surface area (Å²) < 4.78 is 2.23. The van der Waals surface area contributed by atoms with E-state index in [0.717, 1.165) is 63.3 Å². The Balaban J connectivity index is 1.42. The minimum absolute atomic E-state index is 0.590. The van der Waals surface area contributed by atoms with Gasteiger partial charge in [-0.1, -0.05) is 12.1 Å². The second-order valence-electron chi connectivity index (χ2n) is 7.65. The van der Waals surface area contributed by atoms with Crippen LogP contribution in [0, 0.1) is 13.8 Å². The number of aliphatic imine (C=N–C) groups is 1. The van der Waals surface area contributed by atoms with E-state index in [-0.39, 0.29) is 0 Å². The quantitative estimate of drug-likeness (QED) is 0.649. The number of aryl methyl sites for hydroxylation is 2. The zero-order valence-electron chi connectivity index (χ0n) is 17.3. The molecule has 0 bridgehead atoms. The number of aromatic nitrogens is 3. The minimum atomic E-state index is 0.590. The van der Waals surface area contributed by atoms with Gasteiger partial charge in [0.25, 0.3) is 0 Å². The van der Waals surface area contributed by atoms with Gasteiger partial charge in [0.05, 0.1) is 0 Å². The highest BCUT2D eigenvalue weighted by molar-refractivity contribution is 5.80. The highest BCUT2D eigenvalue weighted by Gasteiger charge is 2.22. The Labute approximate surface area is 167 Å². The van der Waals surface area contributed by atoms with Crippen molar-refractivity contribution in [2.24, 2.45) is 4.99 Å². The van der Waals surface area contributed by atoms with Crippen molar-refractivity contribution < 1.29 is 0 Å². The van der Waals surface area contributed by atoms with E-state index in [1.165, 1.54) is 23.2 Å². The fraction of sp³-hybridized carbons (Fsp3) is 0.571. The molecule has 0 saturated carbocycles. The summed E-state index contributed by atoms with van der Waals surface area (Å²) in [6.45, 7) is 13.0. The molecule has 0 spiro atoms. The van der Waals surface area contributed by atoms with Crippen molar-refractivity contribution in [1.82, 2.24) is 25.0 Å². The summed E-state index contributed by atoms with van der Waals surface area (Å²) in [5, 5.41) is 12.1. The molecule has 0 atom stereocenters. The van der Waals surface area contributed by atoms with Crippen LogP contribution >= 0.6 is 0 Å². The van der Waals surface area contributed by atoms with Gasteiger partial charge in [0, 0.05) is 51.4 Å². The molecule has 0 amide bonds. The van der Waals surface area contributed by atoms with Gasteiger partial charge < -0.3 is 19.7 Å². The number of nitrogens with one attached hydrogen (secondary N) is 1. The van der Waals surface area contributed by atoms with Crippen LogP contribution in [-0.2, 0) is 19.5 Å². The lowest BCUT2D eigenvalue weighted by Crippen LogP contribution is -2.52. The number of hydrogen-bond acceptors (Lipinski definition) is 4. The monoisotopic (exact) mass is 381 g/mol. The number of nitrogens with zero attached hydrogens (tertiary/aromatic N) is 6. The molecule has 3 heterocycles. The first-order valence-electron chi connectivity index (χ1n) is 10.4. The zero-order valence-corrected chi connectivity index (χ0v) is 17.3. The van der Waals surface area contributed by atoms with Crippen LogP contribution in [0.2, 0.25) is 0 Å². The fourth-order valence-electron chi connectivity index (χ4n) is 4.14. The van der Waals surface area contributed by atoms with Crippen LogP contribution in [0.5, 0.6) is 0 Å². The highest BCUT2D eigenvalue weighted by Crippen LogP contribution is 2.24. The lowest BCUT2D eigenvalue weighted by molar-refractivity contribution is 0.372. The number of hydrogen-bond donors (Lipinski definition) is 1. The SMILES string of the molecule is CCNC(=NCc1nnc2n1CCC2)N1CCN(c2cccc(C)c2C)CC1.